The molecule has 9 heteroatoms. The molecule has 2 aromatic carbocycles. The first-order valence-electron chi connectivity index (χ1n) is 12.1. The lowest BCUT2D eigenvalue weighted by Crippen LogP contribution is -2.37. The molecular formula is C28H29FN4O4. The van der Waals surface area contributed by atoms with Gasteiger partial charge < -0.3 is 23.9 Å². The van der Waals surface area contributed by atoms with E-state index >= 15 is 0 Å². The molecule has 192 valence electrons. The lowest BCUT2D eigenvalue weighted by atomic mass is 10.0. The van der Waals surface area contributed by atoms with Crippen molar-refractivity contribution >= 4 is 22.5 Å². The number of benzene rings is 2. The summed E-state index contributed by atoms with van der Waals surface area (Å²) >= 11 is 0. The number of nitrogens with zero attached hydrogens (tertiary/aromatic N) is 3. The summed E-state index contributed by atoms with van der Waals surface area (Å²) in [7, 11) is 1.43. The van der Waals surface area contributed by atoms with Crippen LogP contribution in [0.1, 0.15) is 29.3 Å². The maximum Gasteiger partial charge on any atom is 0.240 e. The number of carbonyl (C=O) groups is 1. The van der Waals surface area contributed by atoms with E-state index in [-0.39, 0.29) is 24.2 Å². The number of imidazole rings is 1. The Hall–Kier alpha value is -3.98. The molecule has 37 heavy (non-hydrogen) atoms. The second kappa shape index (κ2) is 10.2. The van der Waals surface area contributed by atoms with Gasteiger partial charge in [0.1, 0.15) is 18.1 Å². The number of allylic oxidation sites excluding steroid dienone is 1. The standard InChI is InChI=1S/C28H29FN4O4/c1-16(11-19-5-8-25(35-4)22(29)12-19)28-31-23-13-20(27-17(2)32-37-18(27)3)6-7-24(23)33(28)14-26(34)30-21-9-10-36-15-21/h5-8,12-13,21H,1,9-11,14-15H2,2-4H3,(H,30,34). The fourth-order valence-corrected chi connectivity index (χ4v) is 4.82. The van der Waals surface area contributed by atoms with E-state index in [1.165, 1.54) is 13.2 Å². The van der Waals surface area contributed by atoms with E-state index in [0.717, 1.165) is 40.1 Å². The third-order valence-electron chi connectivity index (χ3n) is 6.62. The lowest BCUT2D eigenvalue weighted by molar-refractivity contribution is -0.122. The van der Waals surface area contributed by atoms with E-state index in [1.54, 1.807) is 12.1 Å². The Morgan fingerprint density at radius 1 is 1.27 bits per heavy atom. The number of ether oxygens (including phenoxy) is 2. The minimum atomic E-state index is -0.441. The molecule has 1 aliphatic rings. The molecular weight excluding hydrogens is 475 g/mol. The van der Waals surface area contributed by atoms with Gasteiger partial charge >= 0.3 is 0 Å². The van der Waals surface area contributed by atoms with Gasteiger partial charge in [0.15, 0.2) is 11.6 Å². The van der Waals surface area contributed by atoms with Gasteiger partial charge in [-0.2, -0.15) is 0 Å². The average molecular weight is 505 g/mol. The summed E-state index contributed by atoms with van der Waals surface area (Å²) in [5, 5.41) is 7.10. The molecule has 0 saturated carbocycles. The highest BCUT2D eigenvalue weighted by Crippen LogP contribution is 2.31. The number of nitrogens with one attached hydrogen (secondary N) is 1. The van der Waals surface area contributed by atoms with Crippen molar-refractivity contribution < 1.29 is 23.2 Å². The van der Waals surface area contributed by atoms with Gasteiger partial charge in [0.05, 0.1) is 36.5 Å². The van der Waals surface area contributed by atoms with Gasteiger partial charge in [-0.3, -0.25) is 4.79 Å². The van der Waals surface area contributed by atoms with Crippen LogP contribution in [-0.2, 0) is 22.5 Å². The summed E-state index contributed by atoms with van der Waals surface area (Å²) in [6.07, 6.45) is 1.15. The molecule has 1 N–H and O–H groups in total. The van der Waals surface area contributed by atoms with Crippen LogP contribution in [0.5, 0.6) is 5.75 Å². The number of aromatic nitrogens is 3. The Morgan fingerprint density at radius 2 is 2.11 bits per heavy atom. The summed E-state index contributed by atoms with van der Waals surface area (Å²) in [6, 6.07) is 10.7. The van der Waals surface area contributed by atoms with E-state index in [2.05, 4.69) is 17.1 Å². The minimum Gasteiger partial charge on any atom is -0.494 e. The summed E-state index contributed by atoms with van der Waals surface area (Å²) in [4.78, 5) is 17.8. The third kappa shape index (κ3) is 4.99. The van der Waals surface area contributed by atoms with E-state index in [9.17, 15) is 9.18 Å². The highest BCUT2D eigenvalue weighted by Gasteiger charge is 2.22. The van der Waals surface area contributed by atoms with Crippen LogP contribution in [-0.4, -0.2) is 47.0 Å². The number of amides is 1. The van der Waals surface area contributed by atoms with Crippen LogP contribution in [0.3, 0.4) is 0 Å². The number of halogens is 1. The summed E-state index contributed by atoms with van der Waals surface area (Å²) < 4.78 is 31.9. The SMILES string of the molecule is C=C(Cc1ccc(OC)c(F)c1)c1nc2cc(-c3c(C)noc3C)ccc2n1CC(=O)NC1CCOC1. The summed E-state index contributed by atoms with van der Waals surface area (Å²) in [6.45, 7) is 9.24. The molecule has 1 amide bonds. The monoisotopic (exact) mass is 504 g/mol. The van der Waals surface area contributed by atoms with Crippen molar-refractivity contribution in [1.82, 2.24) is 20.0 Å². The number of hydrogen-bond acceptors (Lipinski definition) is 6. The first-order chi connectivity index (χ1) is 17.8. The lowest BCUT2D eigenvalue weighted by Gasteiger charge is -2.14. The molecule has 1 atom stereocenters. The Balaban J connectivity index is 1.51. The third-order valence-corrected chi connectivity index (χ3v) is 6.62. The molecule has 1 saturated heterocycles. The second-order valence-corrected chi connectivity index (χ2v) is 9.30. The number of rotatable bonds is 8. The van der Waals surface area contributed by atoms with Crippen LogP contribution >= 0.6 is 0 Å². The fourth-order valence-electron chi connectivity index (χ4n) is 4.82. The number of carbonyl (C=O) groups excluding carboxylic acids is 1. The Bertz CT molecular complexity index is 1460. The van der Waals surface area contributed by atoms with E-state index in [4.69, 9.17) is 19.0 Å². The van der Waals surface area contributed by atoms with E-state index in [0.29, 0.717) is 36.5 Å². The molecule has 2 aromatic heterocycles. The van der Waals surface area contributed by atoms with Gasteiger partial charge in [0, 0.05) is 18.6 Å². The second-order valence-electron chi connectivity index (χ2n) is 9.30. The fraction of sp³-hybridized carbons (Fsp3) is 0.321. The van der Waals surface area contributed by atoms with Crippen molar-refractivity contribution in [1.29, 1.82) is 0 Å². The number of hydrogen-bond donors (Lipinski definition) is 1. The zero-order chi connectivity index (χ0) is 26.1. The van der Waals surface area contributed by atoms with Crippen molar-refractivity contribution in [3.8, 4) is 16.9 Å². The number of methoxy groups -OCH3 is 1. The Labute approximate surface area is 214 Å². The molecule has 4 aromatic rings. The molecule has 1 fully saturated rings. The minimum absolute atomic E-state index is 0.00218. The van der Waals surface area contributed by atoms with E-state index < -0.39 is 5.82 Å². The van der Waals surface area contributed by atoms with E-state index in [1.807, 2.05) is 36.6 Å². The van der Waals surface area contributed by atoms with Gasteiger partial charge in [0.2, 0.25) is 5.91 Å². The predicted molar refractivity (Wildman–Crippen MR) is 138 cm³/mol. The molecule has 0 aliphatic carbocycles. The molecule has 0 spiro atoms. The van der Waals surface area contributed by atoms with Crippen molar-refractivity contribution in [2.45, 2.75) is 39.3 Å². The topological polar surface area (TPSA) is 91.4 Å². The van der Waals surface area contributed by atoms with Crippen LogP contribution in [0.4, 0.5) is 4.39 Å². The first-order valence-corrected chi connectivity index (χ1v) is 12.1. The smallest absolute Gasteiger partial charge is 0.240 e. The van der Waals surface area contributed by atoms with Crippen LogP contribution in [0.25, 0.3) is 27.7 Å². The maximum absolute atomic E-state index is 14.3. The number of fused-ring (bicyclic) bond motifs is 1. The Kier molecular flexibility index (Phi) is 6.80. The van der Waals surface area contributed by atoms with Gasteiger partial charge in [-0.15, -0.1) is 0 Å². The zero-order valence-electron chi connectivity index (χ0n) is 21.1. The highest BCUT2D eigenvalue weighted by atomic mass is 19.1. The van der Waals surface area contributed by atoms with Gasteiger partial charge in [-0.05, 0) is 61.2 Å². The van der Waals surface area contributed by atoms with Gasteiger partial charge in [-0.25, -0.2) is 9.37 Å². The van der Waals surface area contributed by atoms with Gasteiger partial charge in [-0.1, -0.05) is 23.9 Å². The quantitative estimate of drug-likeness (QED) is 0.377. The first kappa shape index (κ1) is 24.7. The van der Waals surface area contributed by atoms with Crippen LogP contribution in [0.2, 0.25) is 0 Å². The normalized spacial score (nSPS) is 15.3. The summed E-state index contributed by atoms with van der Waals surface area (Å²) in [5.74, 6) is 0.902. The zero-order valence-corrected chi connectivity index (χ0v) is 21.1. The molecule has 1 aliphatic heterocycles. The number of aryl methyl sites for hydroxylation is 2. The van der Waals surface area contributed by atoms with Crippen LogP contribution in [0, 0.1) is 19.7 Å². The molecule has 1 unspecified atom stereocenters. The van der Waals surface area contributed by atoms with Gasteiger partial charge in [0.25, 0.3) is 0 Å². The van der Waals surface area contributed by atoms with Crippen molar-refractivity contribution in [3.63, 3.8) is 0 Å². The van der Waals surface area contributed by atoms with Crippen molar-refractivity contribution in [2.24, 2.45) is 0 Å². The molecule has 0 radical (unpaired) electrons. The summed E-state index contributed by atoms with van der Waals surface area (Å²) in [5.41, 5.74) is 5.54. The predicted octanol–water partition coefficient (Wildman–Crippen LogP) is 4.62. The Morgan fingerprint density at radius 3 is 2.78 bits per heavy atom. The largest absolute Gasteiger partial charge is 0.494 e. The molecule has 3 heterocycles. The van der Waals surface area contributed by atoms with Crippen LogP contribution < -0.4 is 10.1 Å². The molecule has 0 bridgehead atoms. The molecule has 8 nitrogen and oxygen atoms in total. The molecule has 5 rings (SSSR count). The maximum atomic E-state index is 14.3. The van der Waals surface area contributed by atoms with Crippen molar-refractivity contribution in [3.05, 3.63) is 71.6 Å². The highest BCUT2D eigenvalue weighted by molar-refractivity contribution is 5.87. The average Bonchev–Trinajstić information content (AvgIpc) is 3.58. The van der Waals surface area contributed by atoms with Crippen molar-refractivity contribution in [2.75, 3.05) is 20.3 Å². The van der Waals surface area contributed by atoms with Crippen LogP contribution in [0.15, 0.2) is 47.5 Å².